The van der Waals surface area contributed by atoms with Gasteiger partial charge < -0.3 is 9.13 Å². The fourth-order valence-electron chi connectivity index (χ4n) is 7.63. The monoisotopic (exact) mass is 701 g/mol. The third kappa shape index (κ3) is 5.04. The Morgan fingerprint density at radius 3 is 1.25 bits per heavy atom. The van der Waals surface area contributed by atoms with Crippen LogP contribution in [0.3, 0.4) is 0 Å². The number of rotatable bonds is 3. The maximum atomic E-state index is 14.8. The van der Waals surface area contributed by atoms with Gasteiger partial charge in [-0.25, -0.2) is 0 Å². The maximum absolute atomic E-state index is 14.8. The predicted octanol–water partition coefficient (Wildman–Crippen LogP) is 12.7. The van der Waals surface area contributed by atoms with Gasteiger partial charge in [-0.3, -0.25) is 0 Å². The summed E-state index contributed by atoms with van der Waals surface area (Å²) in [4.78, 5) is 0. The van der Waals surface area contributed by atoms with Crippen molar-refractivity contribution in [3.05, 3.63) is 142 Å². The lowest BCUT2D eigenvalue weighted by Gasteiger charge is -2.24. The summed E-state index contributed by atoms with van der Waals surface area (Å²) in [5, 5.41) is 14.5. The van der Waals surface area contributed by atoms with Crippen LogP contribution in [-0.4, -0.2) is 9.13 Å². The molecular formula is C43H29F6N3. The molecule has 2 aromatic heterocycles. The molecule has 9 heteroatoms. The number of nitriles is 1. The van der Waals surface area contributed by atoms with E-state index in [0.29, 0.717) is 28.9 Å². The molecule has 0 unspecified atom stereocenters. The Kier molecular flexibility index (Phi) is 7.33. The zero-order valence-corrected chi connectivity index (χ0v) is 28.4. The van der Waals surface area contributed by atoms with E-state index in [1.807, 2.05) is 92.9 Å². The van der Waals surface area contributed by atoms with E-state index >= 15 is 0 Å². The van der Waals surface area contributed by atoms with Crippen molar-refractivity contribution in [1.82, 2.24) is 9.13 Å². The first-order valence-corrected chi connectivity index (χ1v) is 16.6. The number of aromatic nitrogens is 2. The Hall–Kier alpha value is -6.01. The average Bonchev–Trinajstić information content (AvgIpc) is 3.57. The fraction of sp³-hybridized carbons (Fsp3) is 0.140. The predicted molar refractivity (Wildman–Crippen MR) is 194 cm³/mol. The van der Waals surface area contributed by atoms with Crippen LogP contribution in [0, 0.1) is 39.0 Å². The Morgan fingerprint density at radius 2 is 0.885 bits per heavy atom. The third-order valence-corrected chi connectivity index (χ3v) is 9.83. The molecule has 0 fully saturated rings. The van der Waals surface area contributed by atoms with E-state index < -0.39 is 29.0 Å². The zero-order valence-electron chi connectivity index (χ0n) is 28.4. The SMILES string of the molecule is Cc1ccc2c(c1)c1cc(C)ccc1n2-c1ccc(-c2c(C(F)(F)F)cccc2C(F)(F)F)c(-n2c3ccc(C)cc3c3cc(C)ccc32)c1C#N. The number of benzene rings is 6. The number of fused-ring (bicyclic) bond motifs is 6. The van der Waals surface area contributed by atoms with E-state index in [1.165, 1.54) is 12.1 Å². The second-order valence-electron chi connectivity index (χ2n) is 13.4. The first-order chi connectivity index (χ1) is 24.7. The number of halogens is 6. The number of aryl methyl sites for hydroxylation is 4. The minimum atomic E-state index is -5.14. The average molecular weight is 702 g/mol. The molecule has 0 atom stereocenters. The van der Waals surface area contributed by atoms with Crippen LogP contribution in [0.5, 0.6) is 0 Å². The van der Waals surface area contributed by atoms with Crippen LogP contribution < -0.4 is 0 Å². The zero-order chi connectivity index (χ0) is 36.9. The van der Waals surface area contributed by atoms with E-state index in [4.69, 9.17) is 0 Å². The molecule has 0 aliphatic rings. The second kappa shape index (κ2) is 11.5. The van der Waals surface area contributed by atoms with Crippen molar-refractivity contribution in [3.63, 3.8) is 0 Å². The van der Waals surface area contributed by atoms with E-state index in [0.717, 1.165) is 60.9 Å². The van der Waals surface area contributed by atoms with Gasteiger partial charge >= 0.3 is 12.4 Å². The molecule has 0 radical (unpaired) electrons. The molecule has 8 rings (SSSR count). The number of hydrogen-bond acceptors (Lipinski definition) is 1. The molecule has 3 nitrogen and oxygen atoms in total. The van der Waals surface area contributed by atoms with Crippen LogP contribution in [-0.2, 0) is 12.4 Å². The minimum absolute atomic E-state index is 0.0795. The largest absolute Gasteiger partial charge is 0.417 e. The number of hydrogen-bond donors (Lipinski definition) is 0. The topological polar surface area (TPSA) is 33.6 Å². The van der Waals surface area contributed by atoms with Crippen molar-refractivity contribution in [1.29, 1.82) is 5.26 Å². The normalized spacial score (nSPS) is 12.4. The fourth-order valence-corrected chi connectivity index (χ4v) is 7.63. The first kappa shape index (κ1) is 33.2. The van der Waals surface area contributed by atoms with E-state index in [-0.39, 0.29) is 16.8 Å². The van der Waals surface area contributed by atoms with Gasteiger partial charge in [0.2, 0.25) is 0 Å². The maximum Gasteiger partial charge on any atom is 0.417 e. The van der Waals surface area contributed by atoms with Crippen LogP contribution in [0.1, 0.15) is 38.9 Å². The minimum Gasteiger partial charge on any atom is -0.308 e. The molecule has 2 heterocycles. The van der Waals surface area contributed by atoms with Gasteiger partial charge in [-0.05, 0) is 94.4 Å². The van der Waals surface area contributed by atoms with Gasteiger partial charge in [-0.1, -0.05) is 58.7 Å². The van der Waals surface area contributed by atoms with Crippen molar-refractivity contribution in [3.8, 4) is 28.6 Å². The van der Waals surface area contributed by atoms with E-state index in [1.54, 1.807) is 16.7 Å². The van der Waals surface area contributed by atoms with E-state index in [9.17, 15) is 31.6 Å². The van der Waals surface area contributed by atoms with Crippen LogP contribution >= 0.6 is 0 Å². The molecule has 52 heavy (non-hydrogen) atoms. The van der Waals surface area contributed by atoms with Gasteiger partial charge in [-0.15, -0.1) is 0 Å². The quantitative estimate of drug-likeness (QED) is 0.169. The molecule has 0 saturated carbocycles. The summed E-state index contributed by atoms with van der Waals surface area (Å²) in [5.74, 6) is 0. The molecule has 0 aliphatic heterocycles. The molecule has 0 spiro atoms. The highest BCUT2D eigenvalue weighted by Gasteiger charge is 2.42. The Bertz CT molecular complexity index is 2670. The van der Waals surface area contributed by atoms with Crippen molar-refractivity contribution in [2.24, 2.45) is 0 Å². The van der Waals surface area contributed by atoms with Gasteiger partial charge in [-0.2, -0.15) is 31.6 Å². The van der Waals surface area contributed by atoms with Crippen LogP contribution in [0.25, 0.3) is 66.1 Å². The molecule has 6 aromatic carbocycles. The summed E-state index contributed by atoms with van der Waals surface area (Å²) in [6.07, 6.45) is -10.3. The van der Waals surface area contributed by atoms with Gasteiger partial charge in [0.15, 0.2) is 0 Å². The van der Waals surface area contributed by atoms with E-state index in [2.05, 4.69) is 6.07 Å². The third-order valence-electron chi connectivity index (χ3n) is 9.83. The lowest BCUT2D eigenvalue weighted by molar-refractivity contribution is -0.142. The van der Waals surface area contributed by atoms with Crippen molar-refractivity contribution in [2.45, 2.75) is 40.0 Å². The molecule has 0 bridgehead atoms. The highest BCUT2D eigenvalue weighted by atomic mass is 19.4. The molecule has 0 N–H and O–H groups in total. The lowest BCUT2D eigenvalue weighted by Crippen LogP contribution is -2.16. The summed E-state index contributed by atoms with van der Waals surface area (Å²) in [6.45, 7) is 7.75. The number of alkyl halides is 6. The van der Waals surface area contributed by atoms with Gasteiger partial charge in [0.1, 0.15) is 11.6 Å². The summed E-state index contributed by atoms with van der Waals surface area (Å²) >= 11 is 0. The summed E-state index contributed by atoms with van der Waals surface area (Å²) in [7, 11) is 0. The van der Waals surface area contributed by atoms with Gasteiger partial charge in [0, 0.05) is 32.7 Å². The van der Waals surface area contributed by atoms with Gasteiger partial charge in [0.25, 0.3) is 0 Å². The standard InChI is InChI=1S/C43H29F6N3/c1-23-8-13-35-28(18-23)29-19-24(2)9-14-36(29)51(35)39-17-12-27(40-33(42(44,45)46)6-5-7-34(40)43(47,48)49)41(32(39)22-50)52-37-15-10-25(3)20-30(37)31-21-26(4)11-16-38(31)52/h5-21H,1-4H3. The van der Waals surface area contributed by atoms with Crippen molar-refractivity contribution >= 4 is 43.6 Å². The Morgan fingerprint density at radius 1 is 0.500 bits per heavy atom. The van der Waals surface area contributed by atoms with Crippen LogP contribution in [0.4, 0.5) is 26.3 Å². The highest BCUT2D eigenvalue weighted by molar-refractivity contribution is 6.12. The first-order valence-electron chi connectivity index (χ1n) is 16.6. The Balaban J connectivity index is 1.63. The van der Waals surface area contributed by atoms with Crippen LogP contribution in [0.2, 0.25) is 0 Å². The Labute approximate surface area is 294 Å². The smallest absolute Gasteiger partial charge is 0.308 e. The molecular weight excluding hydrogens is 672 g/mol. The molecule has 0 saturated heterocycles. The molecule has 0 aliphatic carbocycles. The van der Waals surface area contributed by atoms with Gasteiger partial charge in [0.05, 0.1) is 44.6 Å². The summed E-state index contributed by atoms with van der Waals surface area (Å²) in [5.41, 5.74) is 2.24. The summed E-state index contributed by atoms with van der Waals surface area (Å²) in [6, 6.07) is 30.0. The highest BCUT2D eigenvalue weighted by Crippen LogP contribution is 2.49. The number of nitrogens with zero attached hydrogens (tertiary/aromatic N) is 3. The molecule has 0 amide bonds. The molecule has 8 aromatic rings. The lowest BCUT2D eigenvalue weighted by atomic mass is 9.90. The van der Waals surface area contributed by atoms with Crippen molar-refractivity contribution < 1.29 is 26.3 Å². The van der Waals surface area contributed by atoms with Crippen LogP contribution in [0.15, 0.2) is 103 Å². The van der Waals surface area contributed by atoms with Crippen molar-refractivity contribution in [2.75, 3.05) is 0 Å². The summed E-state index contributed by atoms with van der Waals surface area (Å²) < 4.78 is 92.5. The second-order valence-corrected chi connectivity index (χ2v) is 13.4. The molecule has 258 valence electrons.